The molecule has 0 aromatic heterocycles. The van der Waals surface area contributed by atoms with Crippen LogP contribution in [0.25, 0.3) is 6.08 Å². The smallest absolute Gasteiger partial charge is 0.264 e. The lowest BCUT2D eigenvalue weighted by Crippen LogP contribution is -2.33. The van der Waals surface area contributed by atoms with E-state index in [0.717, 1.165) is 11.3 Å². The van der Waals surface area contributed by atoms with Crippen LogP contribution in [0.1, 0.15) is 19.4 Å². The number of hydrogen-bond acceptors (Lipinski definition) is 5. The molecule has 0 spiro atoms. The van der Waals surface area contributed by atoms with Gasteiger partial charge in [-0.25, -0.2) is 8.42 Å². The van der Waals surface area contributed by atoms with Gasteiger partial charge in [0.2, 0.25) is 5.91 Å². The summed E-state index contributed by atoms with van der Waals surface area (Å²) in [6.45, 7) is 4.58. The van der Waals surface area contributed by atoms with Crippen molar-refractivity contribution < 1.29 is 17.9 Å². The molecular formula is C26H27N3O4S2. The van der Waals surface area contributed by atoms with Crippen molar-refractivity contribution in [3.63, 3.8) is 0 Å². The van der Waals surface area contributed by atoms with Gasteiger partial charge in [0.05, 0.1) is 17.2 Å². The molecule has 0 radical (unpaired) electrons. The second-order valence-electron chi connectivity index (χ2n) is 7.31. The highest BCUT2D eigenvalue weighted by Gasteiger charge is 2.23. The number of thiocarbonyl (C=S) groups is 1. The zero-order valence-corrected chi connectivity index (χ0v) is 21.1. The molecule has 0 saturated heterocycles. The molecule has 182 valence electrons. The van der Waals surface area contributed by atoms with Gasteiger partial charge in [0, 0.05) is 18.3 Å². The predicted molar refractivity (Wildman–Crippen MR) is 144 cm³/mol. The Kier molecular flexibility index (Phi) is 8.99. The molecule has 0 fully saturated rings. The van der Waals surface area contributed by atoms with Crippen molar-refractivity contribution in [3.8, 4) is 5.75 Å². The van der Waals surface area contributed by atoms with Gasteiger partial charge in [-0.15, -0.1) is 0 Å². The predicted octanol–water partition coefficient (Wildman–Crippen LogP) is 4.83. The van der Waals surface area contributed by atoms with Crippen LogP contribution in [-0.2, 0) is 14.8 Å². The fourth-order valence-electron chi connectivity index (χ4n) is 3.25. The average molecular weight is 510 g/mol. The van der Waals surface area contributed by atoms with Crippen LogP contribution in [0.3, 0.4) is 0 Å². The number of rotatable bonds is 9. The lowest BCUT2D eigenvalue weighted by Gasteiger charge is -2.23. The summed E-state index contributed by atoms with van der Waals surface area (Å²) in [5, 5.41) is 5.55. The molecule has 1 amide bonds. The van der Waals surface area contributed by atoms with Gasteiger partial charge in [-0.05, 0) is 86.2 Å². The van der Waals surface area contributed by atoms with Crippen molar-refractivity contribution in [2.75, 3.05) is 22.8 Å². The maximum Gasteiger partial charge on any atom is 0.264 e. The van der Waals surface area contributed by atoms with Gasteiger partial charge in [0.1, 0.15) is 5.75 Å². The first-order valence-electron chi connectivity index (χ1n) is 11.0. The van der Waals surface area contributed by atoms with Gasteiger partial charge in [-0.2, -0.15) is 0 Å². The van der Waals surface area contributed by atoms with E-state index >= 15 is 0 Å². The van der Waals surface area contributed by atoms with Crippen LogP contribution < -0.4 is 19.7 Å². The van der Waals surface area contributed by atoms with Gasteiger partial charge < -0.3 is 10.1 Å². The summed E-state index contributed by atoms with van der Waals surface area (Å²) in [4.78, 5) is 12.3. The van der Waals surface area contributed by atoms with Crippen molar-refractivity contribution in [1.82, 2.24) is 5.32 Å². The molecule has 3 aromatic rings. The largest absolute Gasteiger partial charge is 0.494 e. The van der Waals surface area contributed by atoms with Crippen LogP contribution in [0.2, 0.25) is 0 Å². The van der Waals surface area contributed by atoms with E-state index in [1.165, 1.54) is 22.5 Å². The monoisotopic (exact) mass is 509 g/mol. The second-order valence-corrected chi connectivity index (χ2v) is 9.58. The summed E-state index contributed by atoms with van der Waals surface area (Å²) >= 11 is 5.20. The first-order chi connectivity index (χ1) is 16.8. The van der Waals surface area contributed by atoms with Gasteiger partial charge in [0.15, 0.2) is 5.11 Å². The number of sulfonamides is 1. The normalized spacial score (nSPS) is 11.1. The average Bonchev–Trinajstić information content (AvgIpc) is 2.85. The third-order valence-corrected chi connectivity index (χ3v) is 7.01. The Morgan fingerprint density at radius 1 is 0.971 bits per heavy atom. The maximum absolute atomic E-state index is 13.1. The third kappa shape index (κ3) is 7.14. The minimum atomic E-state index is -3.72. The van der Waals surface area contributed by atoms with E-state index < -0.39 is 15.9 Å². The van der Waals surface area contributed by atoms with Crippen LogP contribution in [0, 0.1) is 0 Å². The number of anilines is 2. The number of carbonyl (C=O) groups is 1. The molecule has 0 aliphatic heterocycles. The second kappa shape index (κ2) is 12.1. The fourth-order valence-corrected chi connectivity index (χ4v) is 4.94. The van der Waals surface area contributed by atoms with Crippen LogP contribution >= 0.6 is 12.2 Å². The van der Waals surface area contributed by atoms with E-state index in [-0.39, 0.29) is 10.0 Å². The minimum absolute atomic E-state index is 0.0985. The van der Waals surface area contributed by atoms with Crippen molar-refractivity contribution >= 4 is 50.7 Å². The fraction of sp³-hybridized carbons (Fsp3) is 0.154. The van der Waals surface area contributed by atoms with Crippen LogP contribution in [0.4, 0.5) is 11.4 Å². The lowest BCUT2D eigenvalue weighted by molar-refractivity contribution is -0.115. The highest BCUT2D eigenvalue weighted by Crippen LogP contribution is 2.24. The number of carbonyl (C=O) groups excluding carboxylic acids is 1. The van der Waals surface area contributed by atoms with E-state index in [9.17, 15) is 13.2 Å². The van der Waals surface area contributed by atoms with Gasteiger partial charge in [-0.3, -0.25) is 14.4 Å². The SMILES string of the molecule is CCOc1ccc(/C=C/C(=O)NC(=S)Nc2ccc(S(=O)(=O)N(CC)c3ccccc3)cc2)cc1. The highest BCUT2D eigenvalue weighted by molar-refractivity contribution is 7.92. The summed E-state index contributed by atoms with van der Waals surface area (Å²) in [5.41, 5.74) is 1.99. The number of amides is 1. The Balaban J connectivity index is 1.58. The molecule has 3 aromatic carbocycles. The van der Waals surface area contributed by atoms with Crippen LogP contribution in [0.15, 0.2) is 89.8 Å². The Morgan fingerprint density at radius 3 is 2.23 bits per heavy atom. The molecule has 0 saturated carbocycles. The molecule has 0 unspecified atom stereocenters. The Morgan fingerprint density at radius 2 is 1.63 bits per heavy atom. The van der Waals surface area contributed by atoms with Crippen molar-refractivity contribution in [3.05, 3.63) is 90.5 Å². The van der Waals surface area contributed by atoms with Crippen molar-refractivity contribution in [2.45, 2.75) is 18.7 Å². The molecule has 0 heterocycles. The number of nitrogens with one attached hydrogen (secondary N) is 2. The molecule has 3 rings (SSSR count). The zero-order chi connectivity index (χ0) is 25.3. The van der Waals surface area contributed by atoms with E-state index in [0.29, 0.717) is 24.5 Å². The Bertz CT molecular complexity index is 1270. The van der Waals surface area contributed by atoms with E-state index in [4.69, 9.17) is 17.0 Å². The van der Waals surface area contributed by atoms with Gasteiger partial charge in [0.25, 0.3) is 10.0 Å². The van der Waals surface area contributed by atoms with Crippen molar-refractivity contribution in [2.24, 2.45) is 0 Å². The molecule has 2 N–H and O–H groups in total. The number of para-hydroxylation sites is 1. The first kappa shape index (κ1) is 25.9. The highest BCUT2D eigenvalue weighted by atomic mass is 32.2. The molecule has 9 heteroatoms. The first-order valence-corrected chi connectivity index (χ1v) is 12.9. The standard InChI is InChI=1S/C26H27N3O4S2/c1-3-29(22-8-6-5-7-9-22)35(31,32)24-17-13-21(14-18-24)27-26(34)28-25(30)19-12-20-10-15-23(16-11-20)33-4-2/h5-19H,3-4H2,1-2H3,(H2,27,28,30,34)/b19-12+. The van der Waals surface area contributed by atoms with E-state index in [1.807, 2.05) is 37.3 Å². The zero-order valence-electron chi connectivity index (χ0n) is 19.5. The topological polar surface area (TPSA) is 87.7 Å². The number of hydrogen-bond donors (Lipinski definition) is 2. The Labute approximate surface area is 211 Å². The summed E-state index contributed by atoms with van der Waals surface area (Å²) in [7, 11) is -3.72. The molecule has 0 atom stereocenters. The molecular weight excluding hydrogens is 482 g/mol. The maximum atomic E-state index is 13.1. The lowest BCUT2D eigenvalue weighted by atomic mass is 10.2. The Hall–Kier alpha value is -3.69. The van der Waals surface area contributed by atoms with E-state index in [1.54, 1.807) is 49.4 Å². The van der Waals surface area contributed by atoms with Crippen molar-refractivity contribution in [1.29, 1.82) is 0 Å². The molecule has 35 heavy (non-hydrogen) atoms. The summed E-state index contributed by atoms with van der Waals surface area (Å²) < 4.78 is 32.9. The summed E-state index contributed by atoms with van der Waals surface area (Å²) in [6.07, 6.45) is 3.04. The number of ether oxygens (including phenoxy) is 1. The van der Waals surface area contributed by atoms with E-state index in [2.05, 4.69) is 10.6 Å². The van der Waals surface area contributed by atoms with Gasteiger partial charge >= 0.3 is 0 Å². The number of benzene rings is 3. The molecule has 7 nitrogen and oxygen atoms in total. The molecule has 0 aliphatic carbocycles. The van der Waals surface area contributed by atoms with Crippen LogP contribution in [-0.4, -0.2) is 32.6 Å². The quantitative estimate of drug-likeness (QED) is 0.317. The minimum Gasteiger partial charge on any atom is -0.494 e. The summed E-state index contributed by atoms with van der Waals surface area (Å²) in [6, 6.07) is 22.5. The van der Waals surface area contributed by atoms with Crippen LogP contribution in [0.5, 0.6) is 5.75 Å². The summed E-state index contributed by atoms with van der Waals surface area (Å²) in [5.74, 6) is 0.373. The molecule has 0 aliphatic rings. The number of nitrogens with zero attached hydrogens (tertiary/aromatic N) is 1. The third-order valence-electron chi connectivity index (χ3n) is 4.89. The molecule has 0 bridgehead atoms. The van der Waals surface area contributed by atoms with Gasteiger partial charge in [-0.1, -0.05) is 30.3 Å².